The second kappa shape index (κ2) is 8.38. The molecule has 0 aromatic heterocycles. The van der Waals surface area contributed by atoms with Crippen LogP contribution in [0.15, 0.2) is 11.6 Å². The van der Waals surface area contributed by atoms with Gasteiger partial charge in [0, 0.05) is 13.0 Å². The van der Waals surface area contributed by atoms with E-state index in [2.05, 4.69) is 40.7 Å². The Labute approximate surface area is 185 Å². The van der Waals surface area contributed by atoms with Gasteiger partial charge in [-0.1, -0.05) is 59.5 Å². The Balaban J connectivity index is 1.54. The zero-order chi connectivity index (χ0) is 21.7. The molecule has 0 amide bonds. The van der Waals surface area contributed by atoms with Crippen LogP contribution in [0.1, 0.15) is 98.8 Å². The molecule has 4 rings (SSSR count). The Morgan fingerprint density at radius 1 is 1.03 bits per heavy atom. The standard InChI is InChI=1S/C28H46O2/c1-18(2)8-7-9-19(3)22-10-11-23-26-24(13-15-28(22,23)5)27(4)14-12-21(30-6)16-20(27)17-25(26)29/h17-19,21-24,26H,7-16H2,1-6H3. The first-order chi connectivity index (χ1) is 14.2. The number of methoxy groups -OCH3 is 1. The number of ether oxygens (including phenoxy) is 1. The summed E-state index contributed by atoms with van der Waals surface area (Å²) in [6.45, 7) is 12.3. The molecule has 3 fully saturated rings. The molecular weight excluding hydrogens is 368 g/mol. The number of ketones is 1. The van der Waals surface area contributed by atoms with Crippen molar-refractivity contribution in [1.29, 1.82) is 0 Å². The Bertz CT molecular complexity index is 678. The van der Waals surface area contributed by atoms with E-state index in [1.807, 2.05) is 7.11 Å². The van der Waals surface area contributed by atoms with Gasteiger partial charge in [-0.05, 0) is 91.4 Å². The van der Waals surface area contributed by atoms with Gasteiger partial charge in [-0.25, -0.2) is 0 Å². The van der Waals surface area contributed by atoms with Crippen molar-refractivity contribution in [2.75, 3.05) is 7.11 Å². The number of rotatable bonds is 6. The maximum Gasteiger partial charge on any atom is 0.159 e. The van der Waals surface area contributed by atoms with E-state index in [-0.39, 0.29) is 11.3 Å². The number of hydrogen-bond donors (Lipinski definition) is 0. The summed E-state index contributed by atoms with van der Waals surface area (Å²) < 4.78 is 5.68. The van der Waals surface area contributed by atoms with Crippen LogP contribution in [0.4, 0.5) is 0 Å². The molecule has 8 unspecified atom stereocenters. The molecule has 0 heterocycles. The summed E-state index contributed by atoms with van der Waals surface area (Å²) in [6, 6.07) is 0. The van der Waals surface area contributed by atoms with Gasteiger partial charge in [-0.2, -0.15) is 0 Å². The molecule has 0 N–H and O–H groups in total. The van der Waals surface area contributed by atoms with Crippen LogP contribution in [0.25, 0.3) is 0 Å². The number of carbonyl (C=O) groups excluding carboxylic acids is 1. The minimum Gasteiger partial charge on any atom is -0.381 e. The molecule has 4 aliphatic rings. The molecule has 0 radical (unpaired) electrons. The fraction of sp³-hybridized carbons (Fsp3) is 0.893. The first-order valence-corrected chi connectivity index (χ1v) is 13.0. The van der Waals surface area contributed by atoms with E-state index in [4.69, 9.17) is 4.74 Å². The van der Waals surface area contributed by atoms with Gasteiger partial charge in [-0.15, -0.1) is 0 Å². The molecular formula is C28H46O2. The highest BCUT2D eigenvalue weighted by Gasteiger charge is 2.61. The van der Waals surface area contributed by atoms with Gasteiger partial charge in [0.2, 0.25) is 0 Å². The zero-order valence-electron chi connectivity index (χ0n) is 20.5. The predicted molar refractivity (Wildman–Crippen MR) is 124 cm³/mol. The van der Waals surface area contributed by atoms with E-state index in [9.17, 15) is 4.79 Å². The number of carbonyl (C=O) groups is 1. The van der Waals surface area contributed by atoms with E-state index < -0.39 is 0 Å². The van der Waals surface area contributed by atoms with Crippen molar-refractivity contribution in [3.63, 3.8) is 0 Å². The second-order valence-corrected chi connectivity index (χ2v) is 12.4. The maximum absolute atomic E-state index is 13.5. The molecule has 30 heavy (non-hydrogen) atoms. The van der Waals surface area contributed by atoms with Crippen LogP contribution in [-0.4, -0.2) is 19.0 Å². The Hall–Kier alpha value is -0.630. The molecule has 0 bridgehead atoms. The largest absolute Gasteiger partial charge is 0.381 e. The van der Waals surface area contributed by atoms with Crippen LogP contribution < -0.4 is 0 Å². The normalized spacial score (nSPS) is 44.3. The lowest BCUT2D eigenvalue weighted by Gasteiger charge is -2.57. The molecule has 2 nitrogen and oxygen atoms in total. The lowest BCUT2D eigenvalue weighted by Crippen LogP contribution is -2.53. The molecule has 0 aromatic carbocycles. The van der Waals surface area contributed by atoms with E-state index in [0.29, 0.717) is 29.1 Å². The monoisotopic (exact) mass is 414 g/mol. The van der Waals surface area contributed by atoms with Crippen molar-refractivity contribution in [1.82, 2.24) is 0 Å². The average molecular weight is 415 g/mol. The lowest BCUT2D eigenvalue weighted by molar-refractivity contribution is -0.135. The third kappa shape index (κ3) is 3.63. The summed E-state index contributed by atoms with van der Waals surface area (Å²) >= 11 is 0. The maximum atomic E-state index is 13.5. The first-order valence-electron chi connectivity index (χ1n) is 13.0. The van der Waals surface area contributed by atoms with E-state index in [1.165, 1.54) is 56.9 Å². The van der Waals surface area contributed by atoms with Crippen molar-refractivity contribution in [2.24, 2.45) is 46.3 Å². The third-order valence-corrected chi connectivity index (χ3v) is 10.4. The SMILES string of the molecule is COC1CCC2(C)C(=CC(=O)C3C2CCC2(C)C(C(C)CCCC(C)C)CCC32)C1. The molecule has 4 aliphatic carbocycles. The number of allylic oxidation sites excluding steroid dienone is 1. The van der Waals surface area contributed by atoms with Crippen LogP contribution >= 0.6 is 0 Å². The highest BCUT2D eigenvalue weighted by Crippen LogP contribution is 2.66. The fourth-order valence-corrected chi connectivity index (χ4v) is 8.59. The molecule has 0 spiro atoms. The molecule has 8 atom stereocenters. The van der Waals surface area contributed by atoms with Gasteiger partial charge >= 0.3 is 0 Å². The van der Waals surface area contributed by atoms with Gasteiger partial charge in [0.15, 0.2) is 5.78 Å². The quantitative estimate of drug-likeness (QED) is 0.458. The summed E-state index contributed by atoms with van der Waals surface area (Å²) in [5.41, 5.74) is 2.02. The summed E-state index contributed by atoms with van der Waals surface area (Å²) in [5.74, 6) is 4.35. The van der Waals surface area contributed by atoms with Crippen LogP contribution in [0.2, 0.25) is 0 Å². The first kappa shape index (κ1) is 22.6. The summed E-state index contributed by atoms with van der Waals surface area (Å²) in [4.78, 5) is 13.5. The molecule has 0 saturated heterocycles. The minimum absolute atomic E-state index is 0.232. The van der Waals surface area contributed by atoms with Crippen molar-refractivity contribution in [2.45, 2.75) is 105 Å². The summed E-state index contributed by atoms with van der Waals surface area (Å²) in [7, 11) is 1.83. The van der Waals surface area contributed by atoms with Gasteiger partial charge < -0.3 is 4.74 Å². The van der Waals surface area contributed by atoms with Crippen LogP contribution in [0, 0.1) is 46.3 Å². The van der Waals surface area contributed by atoms with Crippen molar-refractivity contribution >= 4 is 5.78 Å². The van der Waals surface area contributed by atoms with Gasteiger partial charge in [0.25, 0.3) is 0 Å². The summed E-state index contributed by atoms with van der Waals surface area (Å²) in [5, 5.41) is 0. The lowest BCUT2D eigenvalue weighted by atomic mass is 9.46. The van der Waals surface area contributed by atoms with Gasteiger partial charge in [0.1, 0.15) is 0 Å². The Morgan fingerprint density at radius 2 is 1.80 bits per heavy atom. The van der Waals surface area contributed by atoms with Crippen LogP contribution in [0.5, 0.6) is 0 Å². The van der Waals surface area contributed by atoms with E-state index in [0.717, 1.165) is 30.6 Å². The van der Waals surface area contributed by atoms with Crippen LogP contribution in [-0.2, 0) is 9.53 Å². The van der Waals surface area contributed by atoms with Gasteiger partial charge in [-0.3, -0.25) is 4.79 Å². The van der Waals surface area contributed by atoms with E-state index in [1.54, 1.807) is 0 Å². The van der Waals surface area contributed by atoms with Gasteiger partial charge in [0.05, 0.1) is 6.10 Å². The van der Waals surface area contributed by atoms with E-state index >= 15 is 0 Å². The average Bonchev–Trinajstić information content (AvgIpc) is 3.05. The second-order valence-electron chi connectivity index (χ2n) is 12.4. The highest BCUT2D eigenvalue weighted by molar-refractivity contribution is 5.94. The topological polar surface area (TPSA) is 26.3 Å². The van der Waals surface area contributed by atoms with Crippen molar-refractivity contribution in [3.05, 3.63) is 11.6 Å². The fourth-order valence-electron chi connectivity index (χ4n) is 8.59. The van der Waals surface area contributed by atoms with Crippen molar-refractivity contribution in [3.8, 4) is 0 Å². The van der Waals surface area contributed by atoms with Crippen LogP contribution in [0.3, 0.4) is 0 Å². The molecule has 0 aromatic rings. The predicted octanol–water partition coefficient (Wildman–Crippen LogP) is 7.22. The molecule has 170 valence electrons. The zero-order valence-corrected chi connectivity index (χ0v) is 20.5. The highest BCUT2D eigenvalue weighted by atomic mass is 16.5. The van der Waals surface area contributed by atoms with Crippen molar-refractivity contribution < 1.29 is 9.53 Å². The Kier molecular flexibility index (Phi) is 6.30. The third-order valence-electron chi connectivity index (χ3n) is 10.4. The number of hydrogen-bond acceptors (Lipinski definition) is 2. The molecule has 3 saturated carbocycles. The molecule has 0 aliphatic heterocycles. The summed E-state index contributed by atoms with van der Waals surface area (Å²) in [6.07, 6.45) is 15.0. The minimum atomic E-state index is 0.232. The number of fused-ring (bicyclic) bond motifs is 5. The smallest absolute Gasteiger partial charge is 0.159 e. The molecule has 2 heteroatoms. The Morgan fingerprint density at radius 3 is 2.50 bits per heavy atom.